The number of allylic oxidation sites excluding steroid dienone is 1. The van der Waals surface area contributed by atoms with Gasteiger partial charge < -0.3 is 4.40 Å². The van der Waals surface area contributed by atoms with Crippen molar-refractivity contribution in [2.75, 3.05) is 0 Å². The second-order valence-corrected chi connectivity index (χ2v) is 5.79. The number of fused-ring (bicyclic) bond motifs is 1. The molecule has 2 nitrogen and oxygen atoms in total. The number of carbonyl (C=O) groups excluding carboxylic acids is 1. The average Bonchev–Trinajstić information content (AvgIpc) is 2.88. The molecule has 0 saturated heterocycles. The molecule has 0 saturated carbocycles. The summed E-state index contributed by atoms with van der Waals surface area (Å²) in [5, 5.41) is 0. The zero-order chi connectivity index (χ0) is 16.4. The Balaban J connectivity index is 2.40. The number of nitrogens with zero attached hydrogens (tertiary/aromatic N) is 1. The number of hydrogen-bond donors (Lipinski definition) is 0. The standard InChI is InChI=1S/C20H18FNO/c1-14(2)19-17(6-5-13-23)20(15-8-10-16(21)11-9-15)22-12-4-3-7-18(19)22/h3-14H,1-2H3. The van der Waals surface area contributed by atoms with Crippen molar-refractivity contribution in [3.63, 3.8) is 0 Å². The van der Waals surface area contributed by atoms with Crippen LogP contribution in [0.4, 0.5) is 4.39 Å². The lowest BCUT2D eigenvalue weighted by atomic mass is 9.96. The number of halogens is 1. The van der Waals surface area contributed by atoms with Crippen molar-refractivity contribution in [3.8, 4) is 11.3 Å². The van der Waals surface area contributed by atoms with Gasteiger partial charge in [0, 0.05) is 17.3 Å². The van der Waals surface area contributed by atoms with Crippen molar-refractivity contribution in [1.82, 2.24) is 4.40 Å². The van der Waals surface area contributed by atoms with Gasteiger partial charge in [-0.1, -0.05) is 19.9 Å². The fourth-order valence-corrected chi connectivity index (χ4v) is 3.07. The molecular formula is C20H18FNO. The molecule has 0 radical (unpaired) electrons. The number of hydrogen-bond acceptors (Lipinski definition) is 1. The Hall–Kier alpha value is -2.68. The van der Waals surface area contributed by atoms with Gasteiger partial charge in [-0.2, -0.15) is 0 Å². The Morgan fingerprint density at radius 1 is 1.09 bits per heavy atom. The maximum Gasteiger partial charge on any atom is 0.142 e. The predicted molar refractivity (Wildman–Crippen MR) is 92.0 cm³/mol. The average molecular weight is 307 g/mol. The molecule has 0 N–H and O–H groups in total. The van der Waals surface area contributed by atoms with Gasteiger partial charge in [0.15, 0.2) is 0 Å². The van der Waals surface area contributed by atoms with Gasteiger partial charge in [0.2, 0.25) is 0 Å². The summed E-state index contributed by atoms with van der Waals surface area (Å²) < 4.78 is 15.4. The van der Waals surface area contributed by atoms with Crippen LogP contribution in [0.3, 0.4) is 0 Å². The molecule has 116 valence electrons. The number of pyridine rings is 1. The van der Waals surface area contributed by atoms with Crippen molar-refractivity contribution < 1.29 is 9.18 Å². The third-order valence-corrected chi connectivity index (χ3v) is 3.96. The Morgan fingerprint density at radius 3 is 2.48 bits per heavy atom. The molecule has 0 aliphatic carbocycles. The van der Waals surface area contributed by atoms with Crippen molar-refractivity contribution in [2.24, 2.45) is 0 Å². The summed E-state index contributed by atoms with van der Waals surface area (Å²) in [6, 6.07) is 12.5. The first kappa shape index (κ1) is 15.2. The third-order valence-electron chi connectivity index (χ3n) is 3.96. The van der Waals surface area contributed by atoms with E-state index in [1.165, 1.54) is 23.8 Å². The van der Waals surface area contributed by atoms with Crippen LogP contribution < -0.4 is 0 Å². The molecule has 3 aromatic rings. The van der Waals surface area contributed by atoms with E-state index in [-0.39, 0.29) is 5.82 Å². The SMILES string of the molecule is CC(C)c1c(C=CC=O)c(-c2ccc(F)cc2)n2ccccc12. The summed E-state index contributed by atoms with van der Waals surface area (Å²) in [5.74, 6) is 0.0385. The Kier molecular flexibility index (Phi) is 4.11. The van der Waals surface area contributed by atoms with Crippen molar-refractivity contribution in [1.29, 1.82) is 0 Å². The van der Waals surface area contributed by atoms with Crippen LogP contribution in [0, 0.1) is 5.82 Å². The monoisotopic (exact) mass is 307 g/mol. The molecule has 0 amide bonds. The van der Waals surface area contributed by atoms with Gasteiger partial charge >= 0.3 is 0 Å². The lowest BCUT2D eigenvalue weighted by molar-refractivity contribution is -0.104. The van der Waals surface area contributed by atoms with Crippen molar-refractivity contribution >= 4 is 17.9 Å². The molecule has 3 rings (SSSR count). The molecule has 2 heterocycles. The molecule has 3 heteroatoms. The highest BCUT2D eigenvalue weighted by atomic mass is 19.1. The van der Waals surface area contributed by atoms with Gasteiger partial charge in [-0.25, -0.2) is 4.39 Å². The number of aromatic nitrogens is 1. The molecule has 0 aliphatic heterocycles. The van der Waals surface area contributed by atoms with Crippen LogP contribution in [0.25, 0.3) is 22.9 Å². The number of benzene rings is 1. The highest BCUT2D eigenvalue weighted by Gasteiger charge is 2.19. The topological polar surface area (TPSA) is 21.5 Å². The Labute approximate surface area is 134 Å². The van der Waals surface area contributed by atoms with E-state index in [1.807, 2.05) is 24.4 Å². The van der Waals surface area contributed by atoms with Crippen LogP contribution in [-0.4, -0.2) is 10.7 Å². The third kappa shape index (κ3) is 2.70. The number of rotatable bonds is 4. The van der Waals surface area contributed by atoms with E-state index in [0.717, 1.165) is 28.6 Å². The van der Waals surface area contributed by atoms with Crippen LogP contribution >= 0.6 is 0 Å². The van der Waals surface area contributed by atoms with Gasteiger partial charge in [0.05, 0.1) is 5.69 Å². The lowest BCUT2D eigenvalue weighted by Gasteiger charge is -2.07. The van der Waals surface area contributed by atoms with Gasteiger partial charge in [-0.15, -0.1) is 0 Å². The quantitative estimate of drug-likeness (QED) is 0.486. The van der Waals surface area contributed by atoms with Gasteiger partial charge in [-0.3, -0.25) is 4.79 Å². The summed E-state index contributed by atoms with van der Waals surface area (Å²) in [6.07, 6.45) is 6.13. The minimum Gasteiger partial charge on any atom is -0.316 e. The Bertz CT molecular complexity index is 873. The first-order valence-electron chi connectivity index (χ1n) is 7.64. The first-order chi connectivity index (χ1) is 11.1. The molecule has 0 unspecified atom stereocenters. The maximum absolute atomic E-state index is 13.3. The molecule has 0 bridgehead atoms. The minimum atomic E-state index is -0.260. The summed E-state index contributed by atoms with van der Waals surface area (Å²) in [6.45, 7) is 4.27. The van der Waals surface area contributed by atoms with Crippen LogP contribution in [0.15, 0.2) is 54.7 Å². The van der Waals surface area contributed by atoms with Crippen molar-refractivity contribution in [3.05, 3.63) is 71.7 Å². The fraction of sp³-hybridized carbons (Fsp3) is 0.150. The molecule has 0 spiro atoms. The normalized spacial score (nSPS) is 11.7. The van der Waals surface area contributed by atoms with Crippen LogP contribution in [0.2, 0.25) is 0 Å². The lowest BCUT2D eigenvalue weighted by Crippen LogP contribution is -1.89. The summed E-state index contributed by atoms with van der Waals surface area (Å²) >= 11 is 0. The van der Waals surface area contributed by atoms with Gasteiger partial charge in [-0.05, 0) is 65.6 Å². The molecule has 23 heavy (non-hydrogen) atoms. The molecule has 0 aliphatic rings. The summed E-state index contributed by atoms with van der Waals surface area (Å²) in [7, 11) is 0. The minimum absolute atomic E-state index is 0.260. The highest BCUT2D eigenvalue weighted by Crippen LogP contribution is 2.36. The van der Waals surface area contributed by atoms with E-state index in [4.69, 9.17) is 0 Å². The van der Waals surface area contributed by atoms with Crippen LogP contribution in [-0.2, 0) is 4.79 Å². The molecular weight excluding hydrogens is 289 g/mol. The molecule has 0 atom stereocenters. The zero-order valence-electron chi connectivity index (χ0n) is 13.2. The van der Waals surface area contributed by atoms with Gasteiger partial charge in [0.1, 0.15) is 12.1 Å². The molecule has 1 aromatic carbocycles. The predicted octanol–water partition coefficient (Wildman–Crippen LogP) is 5.08. The summed E-state index contributed by atoms with van der Waals surface area (Å²) in [4.78, 5) is 10.8. The van der Waals surface area contributed by atoms with E-state index < -0.39 is 0 Å². The maximum atomic E-state index is 13.3. The second-order valence-electron chi connectivity index (χ2n) is 5.79. The fourth-order valence-electron chi connectivity index (χ4n) is 3.07. The van der Waals surface area contributed by atoms with Crippen molar-refractivity contribution in [2.45, 2.75) is 19.8 Å². The van der Waals surface area contributed by atoms with E-state index >= 15 is 0 Å². The largest absolute Gasteiger partial charge is 0.316 e. The number of aldehydes is 1. The first-order valence-corrected chi connectivity index (χ1v) is 7.64. The molecule has 2 aromatic heterocycles. The van der Waals surface area contributed by atoms with E-state index in [2.05, 4.69) is 24.3 Å². The van der Waals surface area contributed by atoms with Crippen LogP contribution in [0.5, 0.6) is 0 Å². The van der Waals surface area contributed by atoms with Gasteiger partial charge in [0.25, 0.3) is 0 Å². The molecule has 0 fully saturated rings. The highest BCUT2D eigenvalue weighted by molar-refractivity contribution is 5.87. The Morgan fingerprint density at radius 2 is 1.83 bits per heavy atom. The smallest absolute Gasteiger partial charge is 0.142 e. The van der Waals surface area contributed by atoms with E-state index in [9.17, 15) is 9.18 Å². The number of carbonyl (C=O) groups is 1. The van der Waals surface area contributed by atoms with E-state index in [1.54, 1.807) is 12.1 Å². The van der Waals surface area contributed by atoms with Crippen LogP contribution in [0.1, 0.15) is 30.9 Å². The second kappa shape index (κ2) is 6.21. The van der Waals surface area contributed by atoms with E-state index in [0.29, 0.717) is 5.92 Å². The summed E-state index contributed by atoms with van der Waals surface area (Å²) in [5.41, 5.74) is 5.19. The zero-order valence-corrected chi connectivity index (χ0v) is 13.2.